The van der Waals surface area contributed by atoms with Crippen LogP contribution in [0.2, 0.25) is 0 Å². The molecule has 124 valence electrons. The van der Waals surface area contributed by atoms with E-state index in [1.54, 1.807) is 0 Å². The van der Waals surface area contributed by atoms with E-state index in [9.17, 15) is 35.1 Å². The first-order valence-corrected chi connectivity index (χ1v) is 5.94. The Kier molecular flexibility index (Phi) is 4.49. The number of halogens is 8. The van der Waals surface area contributed by atoms with Gasteiger partial charge in [0.15, 0.2) is 5.75 Å². The first-order chi connectivity index (χ1) is 10.6. The van der Waals surface area contributed by atoms with Crippen LogP contribution in [0.15, 0.2) is 30.3 Å². The van der Waals surface area contributed by atoms with Gasteiger partial charge in [-0.3, -0.25) is 0 Å². The Hall–Kier alpha value is -2.32. The fourth-order valence-electron chi connectivity index (χ4n) is 1.76. The Bertz CT molecular complexity index is 682. The van der Waals surface area contributed by atoms with E-state index in [1.165, 1.54) is 18.2 Å². The van der Waals surface area contributed by atoms with Gasteiger partial charge < -0.3 is 4.74 Å². The molecule has 23 heavy (non-hydrogen) atoms. The van der Waals surface area contributed by atoms with Crippen LogP contribution in [-0.2, 0) is 0 Å². The van der Waals surface area contributed by atoms with Crippen molar-refractivity contribution in [2.45, 2.75) is 12.3 Å². The maximum atomic E-state index is 13.5. The third-order valence-corrected chi connectivity index (χ3v) is 2.80. The summed E-state index contributed by atoms with van der Waals surface area (Å²) in [7, 11) is 0. The number of alkyl halides is 3. The average Bonchev–Trinajstić information content (AvgIpc) is 2.51. The van der Waals surface area contributed by atoms with Crippen LogP contribution in [0.1, 0.15) is 11.7 Å². The van der Waals surface area contributed by atoms with Gasteiger partial charge in [0.2, 0.25) is 35.2 Å². The van der Waals surface area contributed by atoms with Gasteiger partial charge in [-0.2, -0.15) is 22.0 Å². The molecule has 2 rings (SSSR count). The fraction of sp³-hybridized carbons (Fsp3) is 0.143. The number of rotatable bonds is 3. The molecule has 1 nitrogen and oxygen atoms in total. The summed E-state index contributed by atoms with van der Waals surface area (Å²) in [4.78, 5) is 0. The third-order valence-electron chi connectivity index (χ3n) is 2.80. The monoisotopic (exact) mass is 342 g/mol. The largest absolute Gasteiger partial charge is 0.470 e. The minimum absolute atomic E-state index is 0.566. The van der Waals surface area contributed by atoms with E-state index >= 15 is 0 Å². The Morgan fingerprint density at radius 3 is 1.57 bits per heavy atom. The molecule has 0 heterocycles. The highest BCUT2D eigenvalue weighted by Crippen LogP contribution is 2.39. The summed E-state index contributed by atoms with van der Waals surface area (Å²) in [6, 6.07) is 5.62. The molecule has 0 N–H and O–H groups in total. The molecular formula is C14H6F8O. The number of ether oxygens (including phenoxy) is 1. The quantitative estimate of drug-likeness (QED) is 0.430. The van der Waals surface area contributed by atoms with Gasteiger partial charge in [0, 0.05) is 5.56 Å². The smallest absolute Gasteiger partial charge is 0.429 e. The first kappa shape index (κ1) is 17.0. The molecule has 1 atom stereocenters. The van der Waals surface area contributed by atoms with Crippen molar-refractivity contribution in [2.75, 3.05) is 0 Å². The Balaban J connectivity index is 2.55. The van der Waals surface area contributed by atoms with Gasteiger partial charge in [0.1, 0.15) is 0 Å². The van der Waals surface area contributed by atoms with Crippen molar-refractivity contribution >= 4 is 0 Å². The molecular weight excluding hydrogens is 336 g/mol. The van der Waals surface area contributed by atoms with Crippen molar-refractivity contribution in [2.24, 2.45) is 0 Å². The molecule has 0 amide bonds. The fourth-order valence-corrected chi connectivity index (χ4v) is 1.76. The van der Waals surface area contributed by atoms with Crippen molar-refractivity contribution < 1.29 is 39.9 Å². The molecule has 0 aliphatic heterocycles. The molecule has 0 saturated carbocycles. The maximum absolute atomic E-state index is 13.5. The molecule has 9 heteroatoms. The molecule has 0 aromatic heterocycles. The van der Waals surface area contributed by atoms with E-state index in [0.717, 1.165) is 12.1 Å². The Morgan fingerprint density at radius 2 is 1.13 bits per heavy atom. The number of benzene rings is 2. The average molecular weight is 342 g/mol. The summed E-state index contributed by atoms with van der Waals surface area (Å²) in [6.45, 7) is 0. The second kappa shape index (κ2) is 6.05. The molecule has 0 saturated heterocycles. The van der Waals surface area contributed by atoms with Crippen LogP contribution in [0.5, 0.6) is 5.75 Å². The minimum Gasteiger partial charge on any atom is -0.470 e. The summed E-state index contributed by atoms with van der Waals surface area (Å²) in [5.74, 6) is -14.2. The molecule has 0 bridgehead atoms. The van der Waals surface area contributed by atoms with E-state index in [2.05, 4.69) is 4.74 Å². The number of hydrogen-bond donors (Lipinski definition) is 0. The van der Waals surface area contributed by atoms with Gasteiger partial charge in [0.05, 0.1) is 0 Å². The molecule has 0 spiro atoms. The summed E-state index contributed by atoms with van der Waals surface area (Å²) in [5, 5.41) is 0. The topological polar surface area (TPSA) is 9.23 Å². The molecule has 0 aliphatic rings. The maximum Gasteiger partial charge on any atom is 0.429 e. The highest BCUT2D eigenvalue weighted by atomic mass is 19.4. The summed E-state index contributed by atoms with van der Waals surface area (Å²) >= 11 is 0. The van der Waals surface area contributed by atoms with Crippen molar-refractivity contribution in [1.82, 2.24) is 0 Å². The predicted octanol–water partition coefficient (Wildman–Crippen LogP) is 5.06. The van der Waals surface area contributed by atoms with Gasteiger partial charge in [-0.25, -0.2) is 13.2 Å². The normalized spacial score (nSPS) is 13.0. The van der Waals surface area contributed by atoms with Crippen LogP contribution in [0, 0.1) is 29.1 Å². The Labute approximate surface area is 124 Å². The molecule has 2 aromatic rings. The molecule has 0 aliphatic carbocycles. The summed E-state index contributed by atoms with van der Waals surface area (Å²) < 4.78 is 109. The van der Waals surface area contributed by atoms with E-state index < -0.39 is 52.7 Å². The zero-order valence-corrected chi connectivity index (χ0v) is 10.9. The second-order valence-corrected chi connectivity index (χ2v) is 4.35. The van der Waals surface area contributed by atoms with Gasteiger partial charge >= 0.3 is 6.18 Å². The zero-order chi connectivity index (χ0) is 17.4. The SMILES string of the molecule is Fc1c(F)c(F)c(OC(c2ccccc2)C(F)(F)F)c(F)c1F. The van der Waals surface area contributed by atoms with Gasteiger partial charge in [0.25, 0.3) is 0 Å². The van der Waals surface area contributed by atoms with Gasteiger partial charge in [-0.1, -0.05) is 30.3 Å². The lowest BCUT2D eigenvalue weighted by Crippen LogP contribution is -2.27. The van der Waals surface area contributed by atoms with Gasteiger partial charge in [-0.15, -0.1) is 0 Å². The summed E-state index contributed by atoms with van der Waals surface area (Å²) in [6.07, 6.45) is -8.06. The van der Waals surface area contributed by atoms with Gasteiger partial charge in [-0.05, 0) is 0 Å². The lowest BCUT2D eigenvalue weighted by atomic mass is 10.1. The molecule has 2 aromatic carbocycles. The predicted molar refractivity (Wildman–Crippen MR) is 62.1 cm³/mol. The van der Waals surface area contributed by atoms with Crippen molar-refractivity contribution in [3.63, 3.8) is 0 Å². The van der Waals surface area contributed by atoms with E-state index in [4.69, 9.17) is 0 Å². The van der Waals surface area contributed by atoms with Crippen LogP contribution >= 0.6 is 0 Å². The molecule has 0 fully saturated rings. The first-order valence-electron chi connectivity index (χ1n) is 5.94. The van der Waals surface area contributed by atoms with Crippen LogP contribution in [-0.4, -0.2) is 6.18 Å². The molecule has 0 radical (unpaired) electrons. The van der Waals surface area contributed by atoms with E-state index in [0.29, 0.717) is 0 Å². The van der Waals surface area contributed by atoms with Crippen molar-refractivity contribution in [3.05, 3.63) is 65.0 Å². The highest BCUT2D eigenvalue weighted by molar-refractivity contribution is 5.31. The van der Waals surface area contributed by atoms with Crippen LogP contribution < -0.4 is 4.74 Å². The Morgan fingerprint density at radius 1 is 0.696 bits per heavy atom. The lowest BCUT2D eigenvalue weighted by molar-refractivity contribution is -0.199. The highest BCUT2D eigenvalue weighted by Gasteiger charge is 2.44. The van der Waals surface area contributed by atoms with Crippen molar-refractivity contribution in [3.8, 4) is 5.75 Å². The van der Waals surface area contributed by atoms with Crippen LogP contribution in [0.25, 0.3) is 0 Å². The second-order valence-electron chi connectivity index (χ2n) is 4.35. The standard InChI is InChI=1S/C14H6F8O/c15-7-8(16)10(18)12(11(19)9(7)17)23-13(14(20,21)22)6-4-2-1-3-5-6/h1-5,13H. The summed E-state index contributed by atoms with van der Waals surface area (Å²) in [5.41, 5.74) is -0.566. The zero-order valence-electron chi connectivity index (χ0n) is 10.9. The third kappa shape index (κ3) is 3.22. The minimum atomic E-state index is -5.15. The van der Waals surface area contributed by atoms with E-state index in [1.807, 2.05) is 0 Å². The lowest BCUT2D eigenvalue weighted by Gasteiger charge is -2.22. The van der Waals surface area contributed by atoms with Crippen molar-refractivity contribution in [1.29, 1.82) is 0 Å². The molecule has 1 unspecified atom stereocenters. The van der Waals surface area contributed by atoms with E-state index in [-0.39, 0.29) is 0 Å². The van der Waals surface area contributed by atoms with Crippen LogP contribution in [0.4, 0.5) is 35.1 Å². The number of hydrogen-bond acceptors (Lipinski definition) is 1. The van der Waals surface area contributed by atoms with Crippen LogP contribution in [0.3, 0.4) is 0 Å².